The lowest BCUT2D eigenvalue weighted by Gasteiger charge is -2.22. The summed E-state index contributed by atoms with van der Waals surface area (Å²) >= 11 is 1.73. The summed E-state index contributed by atoms with van der Waals surface area (Å²) in [4.78, 5) is 5.88. The Hall–Kier alpha value is -1.19. The third-order valence-corrected chi connectivity index (χ3v) is 4.67. The summed E-state index contributed by atoms with van der Waals surface area (Å²) in [6.45, 7) is 7.45. The molecule has 0 saturated carbocycles. The molecule has 0 fully saturated rings. The maximum Gasteiger partial charge on any atom is 0.191 e. The third-order valence-electron chi connectivity index (χ3n) is 3.85. The Balaban J connectivity index is 0.00000338. The molecule has 0 saturated heterocycles. The molecule has 0 amide bonds. The van der Waals surface area contributed by atoms with E-state index in [1.54, 1.807) is 37.1 Å². The Bertz CT molecular complexity index is 703. The number of thioether (sulfide) groups is 1. The van der Waals surface area contributed by atoms with Crippen LogP contribution in [0.5, 0.6) is 0 Å². The molecule has 1 aromatic carbocycles. The minimum atomic E-state index is -1.10. The standard InChI is InChI=1S/C19H27N3O2S.HI/c1-5-20-18(22-13-19(3,23)17-7-6-10-24-17)21-12-15-9-8-14(2)11-16(15)25-4;/h6-11,23H,5,12-13H2,1-4H3,(H2,20,21,22);1H. The topological polar surface area (TPSA) is 69.8 Å². The Morgan fingerprint density at radius 2 is 2.08 bits per heavy atom. The molecule has 5 nitrogen and oxygen atoms in total. The Morgan fingerprint density at radius 1 is 1.31 bits per heavy atom. The number of nitrogens with zero attached hydrogens (tertiary/aromatic N) is 1. The van der Waals surface area contributed by atoms with Crippen LogP contribution in [-0.2, 0) is 12.1 Å². The highest BCUT2D eigenvalue weighted by Gasteiger charge is 2.26. The number of aliphatic hydroxyl groups is 1. The molecule has 0 radical (unpaired) electrons. The van der Waals surface area contributed by atoms with E-state index >= 15 is 0 Å². The SMILES string of the molecule is CCNC(=NCc1ccc(C)cc1SC)NCC(C)(O)c1ccco1.I. The van der Waals surface area contributed by atoms with Gasteiger partial charge in [-0.05, 0) is 56.4 Å². The van der Waals surface area contributed by atoms with Gasteiger partial charge in [0.15, 0.2) is 5.96 Å². The van der Waals surface area contributed by atoms with Crippen molar-refractivity contribution in [2.24, 2.45) is 4.99 Å². The smallest absolute Gasteiger partial charge is 0.191 e. The van der Waals surface area contributed by atoms with E-state index in [9.17, 15) is 5.11 Å². The van der Waals surface area contributed by atoms with Gasteiger partial charge in [0.1, 0.15) is 11.4 Å². The summed E-state index contributed by atoms with van der Waals surface area (Å²) in [5.74, 6) is 1.20. The molecule has 144 valence electrons. The molecule has 0 aliphatic rings. The average Bonchev–Trinajstić information content (AvgIpc) is 3.13. The van der Waals surface area contributed by atoms with Crippen LogP contribution in [0.3, 0.4) is 0 Å². The van der Waals surface area contributed by atoms with Crippen molar-refractivity contribution in [3.8, 4) is 0 Å². The molecule has 3 N–H and O–H groups in total. The Morgan fingerprint density at radius 3 is 2.69 bits per heavy atom. The van der Waals surface area contributed by atoms with Gasteiger partial charge in [-0.2, -0.15) is 0 Å². The summed E-state index contributed by atoms with van der Waals surface area (Å²) in [6.07, 6.45) is 3.64. The zero-order valence-corrected chi connectivity index (χ0v) is 18.9. The maximum absolute atomic E-state index is 10.5. The molecule has 2 aromatic rings. The summed E-state index contributed by atoms with van der Waals surface area (Å²) in [6, 6.07) is 9.94. The number of nitrogens with one attached hydrogen (secondary N) is 2. The Labute approximate surface area is 177 Å². The molecule has 26 heavy (non-hydrogen) atoms. The highest BCUT2D eigenvalue weighted by Crippen LogP contribution is 2.22. The normalized spacial score (nSPS) is 13.7. The van der Waals surface area contributed by atoms with Crippen molar-refractivity contribution in [1.29, 1.82) is 0 Å². The van der Waals surface area contributed by atoms with Crippen molar-refractivity contribution < 1.29 is 9.52 Å². The number of hydrogen-bond donors (Lipinski definition) is 3. The number of benzene rings is 1. The molecule has 0 aliphatic carbocycles. The van der Waals surface area contributed by atoms with Crippen molar-refractivity contribution in [1.82, 2.24) is 10.6 Å². The van der Waals surface area contributed by atoms with Gasteiger partial charge in [-0.15, -0.1) is 35.7 Å². The first-order valence-electron chi connectivity index (χ1n) is 8.38. The fourth-order valence-electron chi connectivity index (χ4n) is 2.42. The molecule has 1 atom stereocenters. The van der Waals surface area contributed by atoms with Gasteiger partial charge in [0.05, 0.1) is 19.4 Å². The van der Waals surface area contributed by atoms with Crippen LogP contribution in [0.15, 0.2) is 50.9 Å². The molecule has 2 rings (SSSR count). The average molecular weight is 489 g/mol. The lowest BCUT2D eigenvalue weighted by Crippen LogP contribution is -2.44. The Kier molecular flexibility index (Phi) is 9.52. The van der Waals surface area contributed by atoms with E-state index in [4.69, 9.17) is 4.42 Å². The first kappa shape index (κ1) is 22.9. The van der Waals surface area contributed by atoms with Crippen LogP contribution in [0.2, 0.25) is 0 Å². The minimum absolute atomic E-state index is 0. The monoisotopic (exact) mass is 489 g/mol. The maximum atomic E-state index is 10.5. The largest absolute Gasteiger partial charge is 0.466 e. The second-order valence-electron chi connectivity index (χ2n) is 6.12. The predicted octanol–water partition coefficient (Wildman–Crippen LogP) is 3.89. The van der Waals surface area contributed by atoms with Crippen LogP contribution in [0, 0.1) is 6.92 Å². The molecule has 1 aromatic heterocycles. The predicted molar refractivity (Wildman–Crippen MR) is 119 cm³/mol. The molecule has 0 bridgehead atoms. The lowest BCUT2D eigenvalue weighted by atomic mass is 10.0. The number of halogens is 1. The van der Waals surface area contributed by atoms with Crippen molar-refractivity contribution >= 4 is 41.7 Å². The quantitative estimate of drug-likeness (QED) is 0.238. The van der Waals surface area contributed by atoms with Crippen LogP contribution >= 0.6 is 35.7 Å². The molecular formula is C19H28IN3O2S. The molecule has 0 spiro atoms. The van der Waals surface area contributed by atoms with Gasteiger partial charge in [-0.1, -0.05) is 12.1 Å². The van der Waals surface area contributed by atoms with Gasteiger partial charge >= 0.3 is 0 Å². The lowest BCUT2D eigenvalue weighted by molar-refractivity contribution is 0.0386. The molecule has 1 unspecified atom stereocenters. The minimum Gasteiger partial charge on any atom is -0.466 e. The number of aliphatic imine (C=N–C) groups is 1. The zero-order chi connectivity index (χ0) is 18.3. The number of guanidine groups is 1. The van der Waals surface area contributed by atoms with E-state index in [0.29, 0.717) is 24.8 Å². The highest BCUT2D eigenvalue weighted by atomic mass is 127. The first-order chi connectivity index (χ1) is 12.0. The first-order valence-corrected chi connectivity index (χ1v) is 9.61. The van der Waals surface area contributed by atoms with Gasteiger partial charge in [-0.3, -0.25) is 0 Å². The van der Waals surface area contributed by atoms with Crippen molar-refractivity contribution in [3.63, 3.8) is 0 Å². The van der Waals surface area contributed by atoms with E-state index in [-0.39, 0.29) is 24.0 Å². The number of rotatable bonds is 7. The fraction of sp³-hybridized carbons (Fsp3) is 0.421. The van der Waals surface area contributed by atoms with E-state index in [1.807, 2.05) is 6.92 Å². The van der Waals surface area contributed by atoms with Crippen LogP contribution in [0.4, 0.5) is 0 Å². The van der Waals surface area contributed by atoms with Crippen LogP contribution in [-0.4, -0.2) is 30.4 Å². The molecule has 1 heterocycles. The van der Waals surface area contributed by atoms with Gasteiger partial charge in [0.25, 0.3) is 0 Å². The zero-order valence-electron chi connectivity index (χ0n) is 15.7. The third kappa shape index (κ3) is 6.51. The summed E-state index contributed by atoms with van der Waals surface area (Å²) in [7, 11) is 0. The van der Waals surface area contributed by atoms with Gasteiger partial charge in [0.2, 0.25) is 0 Å². The second-order valence-corrected chi connectivity index (χ2v) is 6.96. The highest BCUT2D eigenvalue weighted by molar-refractivity contribution is 14.0. The molecule has 0 aliphatic heterocycles. The molecule has 7 heteroatoms. The molecular weight excluding hydrogens is 461 g/mol. The summed E-state index contributed by atoms with van der Waals surface area (Å²) < 4.78 is 5.31. The van der Waals surface area contributed by atoms with Crippen LogP contribution < -0.4 is 10.6 Å². The van der Waals surface area contributed by atoms with Gasteiger partial charge in [-0.25, -0.2) is 4.99 Å². The van der Waals surface area contributed by atoms with Gasteiger partial charge in [0, 0.05) is 11.4 Å². The van der Waals surface area contributed by atoms with Gasteiger partial charge < -0.3 is 20.2 Å². The van der Waals surface area contributed by atoms with Crippen LogP contribution in [0.1, 0.15) is 30.7 Å². The second kappa shape index (κ2) is 10.8. The van der Waals surface area contributed by atoms with Crippen molar-refractivity contribution in [3.05, 3.63) is 53.5 Å². The van der Waals surface area contributed by atoms with Crippen molar-refractivity contribution in [2.45, 2.75) is 37.8 Å². The number of hydrogen-bond acceptors (Lipinski definition) is 4. The van der Waals surface area contributed by atoms with E-state index in [1.165, 1.54) is 16.0 Å². The van der Waals surface area contributed by atoms with Crippen molar-refractivity contribution in [2.75, 3.05) is 19.3 Å². The summed E-state index contributed by atoms with van der Waals surface area (Å²) in [5, 5.41) is 16.9. The van der Waals surface area contributed by atoms with E-state index < -0.39 is 5.60 Å². The summed E-state index contributed by atoms with van der Waals surface area (Å²) in [5.41, 5.74) is 1.33. The van der Waals surface area contributed by atoms with E-state index in [0.717, 1.165) is 6.54 Å². The number of aryl methyl sites for hydroxylation is 1. The fourth-order valence-corrected chi connectivity index (χ4v) is 3.11. The van der Waals surface area contributed by atoms with E-state index in [2.05, 4.69) is 47.0 Å². The number of furan rings is 1. The van der Waals surface area contributed by atoms with Crippen LogP contribution in [0.25, 0.3) is 0 Å².